The fraction of sp³-hybridized carbons (Fsp3) is 0.273. The van der Waals surface area contributed by atoms with Crippen LogP contribution in [0.15, 0.2) is 56.3 Å². The summed E-state index contributed by atoms with van der Waals surface area (Å²) in [4.78, 5) is 4.69. The minimum atomic E-state index is -3.60. The van der Waals surface area contributed by atoms with Gasteiger partial charge in [0.1, 0.15) is 5.58 Å². The molecule has 1 aliphatic heterocycles. The van der Waals surface area contributed by atoms with E-state index >= 15 is 0 Å². The van der Waals surface area contributed by atoms with Crippen LogP contribution in [0.2, 0.25) is 0 Å². The molecule has 160 valence electrons. The average Bonchev–Trinajstić information content (AvgIpc) is 3.40. The lowest BCUT2D eigenvalue weighted by molar-refractivity contribution is 0.0730. The van der Waals surface area contributed by atoms with E-state index in [0.29, 0.717) is 48.9 Å². The molecule has 0 unspecified atom stereocenters. The average molecular weight is 439 g/mol. The van der Waals surface area contributed by atoms with Gasteiger partial charge in [-0.15, -0.1) is 0 Å². The molecule has 0 radical (unpaired) electrons. The molecule has 2 aromatic heterocycles. The molecule has 0 saturated carbocycles. The molecule has 5 rings (SSSR count). The molecule has 0 aliphatic carbocycles. The lowest BCUT2D eigenvalue weighted by atomic mass is 10.1. The highest BCUT2D eigenvalue weighted by molar-refractivity contribution is 7.89. The van der Waals surface area contributed by atoms with E-state index in [2.05, 4.69) is 10.1 Å². The van der Waals surface area contributed by atoms with Crippen molar-refractivity contribution in [1.29, 1.82) is 0 Å². The molecule has 1 fully saturated rings. The first-order valence-corrected chi connectivity index (χ1v) is 11.4. The van der Waals surface area contributed by atoms with Gasteiger partial charge in [0.25, 0.3) is 5.89 Å². The molecule has 0 spiro atoms. The van der Waals surface area contributed by atoms with Crippen molar-refractivity contribution in [2.75, 3.05) is 26.3 Å². The van der Waals surface area contributed by atoms with Crippen molar-refractivity contribution in [2.24, 2.45) is 0 Å². The molecular formula is C22H21N3O5S. The zero-order valence-corrected chi connectivity index (χ0v) is 18.0. The maximum absolute atomic E-state index is 13.0. The van der Waals surface area contributed by atoms with E-state index in [1.54, 1.807) is 18.2 Å². The van der Waals surface area contributed by atoms with Crippen LogP contribution in [0.3, 0.4) is 0 Å². The second-order valence-corrected chi connectivity index (χ2v) is 9.46. The van der Waals surface area contributed by atoms with Crippen molar-refractivity contribution in [2.45, 2.75) is 18.7 Å². The van der Waals surface area contributed by atoms with Crippen LogP contribution in [-0.2, 0) is 14.8 Å². The molecule has 2 aromatic carbocycles. The number of sulfonamides is 1. The summed E-state index contributed by atoms with van der Waals surface area (Å²) in [7, 11) is -3.60. The van der Waals surface area contributed by atoms with Gasteiger partial charge in [0.2, 0.25) is 15.8 Å². The number of ether oxygens (including phenoxy) is 1. The molecule has 0 atom stereocenters. The number of aryl methyl sites for hydroxylation is 2. The Bertz CT molecular complexity index is 1350. The van der Waals surface area contributed by atoms with Crippen molar-refractivity contribution in [3.05, 3.63) is 53.6 Å². The highest BCUT2D eigenvalue weighted by Gasteiger charge is 2.28. The molecular weight excluding hydrogens is 418 g/mol. The van der Waals surface area contributed by atoms with Crippen LogP contribution in [0.5, 0.6) is 0 Å². The summed E-state index contributed by atoms with van der Waals surface area (Å²) < 4.78 is 44.1. The van der Waals surface area contributed by atoms with Gasteiger partial charge in [-0.1, -0.05) is 35.0 Å². The van der Waals surface area contributed by atoms with Crippen LogP contribution in [0, 0.1) is 13.8 Å². The van der Waals surface area contributed by atoms with Gasteiger partial charge in [0.05, 0.1) is 18.1 Å². The zero-order chi connectivity index (χ0) is 21.6. The molecule has 31 heavy (non-hydrogen) atoms. The SMILES string of the molecule is Cc1ccc(-c2noc(-c3oc4ccc(S(=O)(=O)N5CCOCC5)cc4c3C)n2)cc1. The summed E-state index contributed by atoms with van der Waals surface area (Å²) in [5, 5.41) is 4.76. The van der Waals surface area contributed by atoms with E-state index < -0.39 is 10.0 Å². The molecule has 4 aromatic rings. The number of rotatable bonds is 4. The van der Waals surface area contributed by atoms with Crippen molar-refractivity contribution in [3.8, 4) is 23.0 Å². The summed E-state index contributed by atoms with van der Waals surface area (Å²) in [6.45, 7) is 5.35. The Morgan fingerprint density at radius 2 is 1.74 bits per heavy atom. The summed E-state index contributed by atoms with van der Waals surface area (Å²) >= 11 is 0. The topological polar surface area (TPSA) is 98.7 Å². The minimum Gasteiger partial charge on any atom is -0.451 e. The van der Waals surface area contributed by atoms with Crippen LogP contribution < -0.4 is 0 Å². The number of fused-ring (bicyclic) bond motifs is 1. The second kappa shape index (κ2) is 7.60. The van der Waals surface area contributed by atoms with Crippen LogP contribution >= 0.6 is 0 Å². The second-order valence-electron chi connectivity index (χ2n) is 7.52. The molecule has 3 heterocycles. The minimum absolute atomic E-state index is 0.225. The van der Waals surface area contributed by atoms with Crippen molar-refractivity contribution >= 4 is 21.0 Å². The molecule has 0 amide bonds. The van der Waals surface area contributed by atoms with Crippen LogP contribution in [0.25, 0.3) is 34.0 Å². The fourth-order valence-corrected chi connectivity index (χ4v) is 5.07. The third-order valence-corrected chi connectivity index (χ3v) is 7.34. The van der Waals surface area contributed by atoms with E-state index in [9.17, 15) is 8.42 Å². The third kappa shape index (κ3) is 3.54. The lowest BCUT2D eigenvalue weighted by Gasteiger charge is -2.26. The van der Waals surface area contributed by atoms with Crippen molar-refractivity contribution in [1.82, 2.24) is 14.4 Å². The summed E-state index contributed by atoms with van der Waals surface area (Å²) in [5.41, 5.74) is 3.29. The van der Waals surface area contributed by atoms with Gasteiger partial charge in [0, 0.05) is 29.6 Å². The summed E-state index contributed by atoms with van der Waals surface area (Å²) in [6.07, 6.45) is 0. The third-order valence-electron chi connectivity index (χ3n) is 5.45. The number of aromatic nitrogens is 2. The van der Waals surface area contributed by atoms with Crippen molar-refractivity contribution < 1.29 is 22.1 Å². The van der Waals surface area contributed by atoms with E-state index in [1.165, 1.54) is 4.31 Å². The van der Waals surface area contributed by atoms with Crippen LogP contribution in [0.4, 0.5) is 0 Å². The zero-order valence-electron chi connectivity index (χ0n) is 17.2. The van der Waals surface area contributed by atoms with Gasteiger partial charge in [0.15, 0.2) is 5.76 Å². The standard InChI is InChI=1S/C22H21N3O5S/c1-14-3-5-16(6-4-14)21-23-22(30-24-21)20-15(2)18-13-17(7-8-19(18)29-20)31(26,27)25-9-11-28-12-10-25/h3-8,13H,9-12H2,1-2H3. The predicted molar refractivity (Wildman–Crippen MR) is 114 cm³/mol. The monoisotopic (exact) mass is 439 g/mol. The quantitative estimate of drug-likeness (QED) is 0.477. The Kier molecular flexibility index (Phi) is 4.88. The summed E-state index contributed by atoms with van der Waals surface area (Å²) in [6, 6.07) is 12.7. The first kappa shape index (κ1) is 19.9. The van der Waals surface area contributed by atoms with Crippen molar-refractivity contribution in [3.63, 3.8) is 0 Å². The molecule has 1 saturated heterocycles. The van der Waals surface area contributed by atoms with Crippen LogP contribution in [-0.4, -0.2) is 49.2 Å². The number of benzene rings is 2. The largest absolute Gasteiger partial charge is 0.451 e. The van der Waals surface area contributed by atoms with Gasteiger partial charge < -0.3 is 13.7 Å². The smallest absolute Gasteiger partial charge is 0.294 e. The normalized spacial score (nSPS) is 15.5. The molecule has 0 bridgehead atoms. The number of furan rings is 1. The first-order valence-electron chi connectivity index (χ1n) is 9.96. The Hall–Kier alpha value is -3.01. The lowest BCUT2D eigenvalue weighted by Crippen LogP contribution is -2.40. The molecule has 8 nitrogen and oxygen atoms in total. The van der Waals surface area contributed by atoms with Gasteiger partial charge >= 0.3 is 0 Å². The van der Waals surface area contributed by atoms with E-state index in [-0.39, 0.29) is 10.8 Å². The summed E-state index contributed by atoms with van der Waals surface area (Å²) in [5.74, 6) is 1.15. The fourth-order valence-electron chi connectivity index (χ4n) is 3.64. The maximum Gasteiger partial charge on any atom is 0.294 e. The molecule has 1 aliphatic rings. The Balaban J connectivity index is 1.52. The number of hydrogen-bond acceptors (Lipinski definition) is 7. The molecule has 0 N–H and O–H groups in total. The van der Waals surface area contributed by atoms with Gasteiger partial charge in [-0.2, -0.15) is 9.29 Å². The van der Waals surface area contributed by atoms with E-state index in [4.69, 9.17) is 13.7 Å². The maximum atomic E-state index is 13.0. The highest BCUT2D eigenvalue weighted by atomic mass is 32.2. The Morgan fingerprint density at radius 3 is 2.48 bits per heavy atom. The number of morpholine rings is 1. The Morgan fingerprint density at radius 1 is 1.00 bits per heavy atom. The first-order chi connectivity index (χ1) is 14.9. The Labute approximate surface area is 179 Å². The van der Waals surface area contributed by atoms with Gasteiger partial charge in [-0.05, 0) is 32.0 Å². The van der Waals surface area contributed by atoms with E-state index in [1.807, 2.05) is 38.1 Å². The highest BCUT2D eigenvalue weighted by Crippen LogP contribution is 2.34. The number of nitrogens with zero attached hydrogens (tertiary/aromatic N) is 3. The van der Waals surface area contributed by atoms with Gasteiger partial charge in [-0.25, -0.2) is 8.42 Å². The molecule has 9 heteroatoms. The van der Waals surface area contributed by atoms with Gasteiger partial charge in [-0.3, -0.25) is 0 Å². The predicted octanol–water partition coefficient (Wildman–Crippen LogP) is 3.79. The number of hydrogen-bond donors (Lipinski definition) is 0. The van der Waals surface area contributed by atoms with E-state index in [0.717, 1.165) is 16.7 Å². The van der Waals surface area contributed by atoms with Crippen LogP contribution in [0.1, 0.15) is 11.1 Å².